The molecule has 0 aromatic rings. The maximum Gasteiger partial charge on any atom is 0.220 e. The summed E-state index contributed by atoms with van der Waals surface area (Å²) in [5, 5.41) is 30.2. The van der Waals surface area contributed by atoms with Crippen LogP contribution in [0.25, 0.3) is 0 Å². The molecule has 0 spiro atoms. The Morgan fingerprint density at radius 1 is 0.734 bits per heavy atom. The van der Waals surface area contributed by atoms with E-state index in [-0.39, 0.29) is 12.0 Å². The summed E-state index contributed by atoms with van der Waals surface area (Å²) >= 11 is 0. The Balaban J connectivity index is 1.32. The van der Waals surface area contributed by atoms with Gasteiger partial charge in [0.15, 0.2) is 5.88 Å². The standard InChI is InChI=1S/C50H93N9O5/c1-40(32-57-33-43(57)4)38-64-46(7)52-26-16-11-13-19-29-55(8)42(3)31-49(53-27-17-9-10-18-28-54-50(63)24-23-48(62)37-59-35-45(59)6)56(39-60)30-20-14-12-15-25-51-41(2)21-22-47(61)36-58-34-44(58)5/h39-40,43-45,47-48,51-52,61-62H,2-3,7,9-38H2,1,4-6,8H3,(H,54,63). The summed E-state index contributed by atoms with van der Waals surface area (Å²) in [6.07, 6.45) is 15.3. The lowest BCUT2D eigenvalue weighted by Crippen LogP contribution is -2.33. The van der Waals surface area contributed by atoms with Crippen molar-refractivity contribution in [2.24, 2.45) is 10.9 Å². The minimum Gasteiger partial charge on any atom is -0.479 e. The molecule has 368 valence electrons. The number of nitrogens with zero attached hydrogens (tertiary/aromatic N) is 6. The van der Waals surface area contributed by atoms with Gasteiger partial charge in [0.1, 0.15) is 5.84 Å². The van der Waals surface area contributed by atoms with Crippen LogP contribution in [-0.4, -0.2) is 175 Å². The molecule has 9 unspecified atom stereocenters. The largest absolute Gasteiger partial charge is 0.479 e. The zero-order valence-corrected chi connectivity index (χ0v) is 41.2. The number of aliphatic hydroxyl groups excluding tert-OH is 2. The Labute approximate surface area is 389 Å². The second kappa shape index (κ2) is 31.7. The van der Waals surface area contributed by atoms with Crippen LogP contribution in [0.4, 0.5) is 0 Å². The number of aliphatic hydroxyl groups is 2. The maximum absolute atomic E-state index is 12.5. The molecule has 0 aromatic carbocycles. The molecule has 0 bridgehead atoms. The molecule has 0 aromatic heterocycles. The minimum absolute atomic E-state index is 0.00601. The number of unbranched alkanes of at least 4 members (excludes halogenated alkanes) is 9. The highest BCUT2D eigenvalue weighted by molar-refractivity contribution is 5.92. The van der Waals surface area contributed by atoms with Crippen molar-refractivity contribution >= 4 is 18.2 Å². The van der Waals surface area contributed by atoms with Crippen molar-refractivity contribution < 1.29 is 24.5 Å². The van der Waals surface area contributed by atoms with Gasteiger partial charge in [0, 0.05) is 134 Å². The zero-order chi connectivity index (χ0) is 46.7. The summed E-state index contributed by atoms with van der Waals surface area (Å²) < 4.78 is 5.85. The van der Waals surface area contributed by atoms with Gasteiger partial charge in [-0.25, -0.2) is 0 Å². The van der Waals surface area contributed by atoms with Crippen LogP contribution in [0.1, 0.15) is 137 Å². The summed E-state index contributed by atoms with van der Waals surface area (Å²) in [6.45, 7) is 32.5. The maximum atomic E-state index is 12.5. The molecule has 9 atom stereocenters. The van der Waals surface area contributed by atoms with E-state index in [2.05, 4.69) is 90.0 Å². The van der Waals surface area contributed by atoms with E-state index in [4.69, 9.17) is 9.73 Å². The summed E-state index contributed by atoms with van der Waals surface area (Å²) in [7, 11) is 2.08. The van der Waals surface area contributed by atoms with E-state index in [1.807, 2.05) is 0 Å². The number of ether oxygens (including phenoxy) is 1. The van der Waals surface area contributed by atoms with Crippen LogP contribution in [0.2, 0.25) is 0 Å². The minimum atomic E-state index is -0.446. The summed E-state index contributed by atoms with van der Waals surface area (Å²) in [5.74, 6) is 1.95. The van der Waals surface area contributed by atoms with Crippen LogP contribution < -0.4 is 16.0 Å². The molecule has 64 heavy (non-hydrogen) atoms. The van der Waals surface area contributed by atoms with Gasteiger partial charge >= 0.3 is 0 Å². The van der Waals surface area contributed by atoms with Gasteiger partial charge in [0.25, 0.3) is 0 Å². The zero-order valence-electron chi connectivity index (χ0n) is 41.2. The van der Waals surface area contributed by atoms with Gasteiger partial charge in [0.05, 0.1) is 18.8 Å². The fourth-order valence-electron chi connectivity index (χ4n) is 8.00. The highest BCUT2D eigenvalue weighted by atomic mass is 16.5. The van der Waals surface area contributed by atoms with Crippen LogP contribution in [0.3, 0.4) is 0 Å². The molecule has 3 heterocycles. The predicted octanol–water partition coefficient (Wildman–Crippen LogP) is 5.69. The van der Waals surface area contributed by atoms with E-state index in [1.54, 1.807) is 4.90 Å². The average molecular weight is 900 g/mol. The monoisotopic (exact) mass is 900 g/mol. The van der Waals surface area contributed by atoms with Crippen molar-refractivity contribution in [1.29, 1.82) is 0 Å². The lowest BCUT2D eigenvalue weighted by Gasteiger charge is -2.26. The predicted molar refractivity (Wildman–Crippen MR) is 263 cm³/mol. The molecule has 3 aliphatic heterocycles. The van der Waals surface area contributed by atoms with Crippen molar-refractivity contribution in [3.63, 3.8) is 0 Å². The van der Waals surface area contributed by atoms with Gasteiger partial charge in [-0.15, -0.1) is 0 Å². The number of rotatable bonds is 42. The fourth-order valence-corrected chi connectivity index (χ4v) is 8.00. The molecule has 5 N–H and O–H groups in total. The van der Waals surface area contributed by atoms with Gasteiger partial charge in [-0.3, -0.25) is 29.3 Å². The second-order valence-electron chi connectivity index (χ2n) is 19.4. The van der Waals surface area contributed by atoms with Crippen LogP contribution in [-0.2, 0) is 14.3 Å². The van der Waals surface area contributed by atoms with Gasteiger partial charge in [-0.1, -0.05) is 58.6 Å². The number of carbonyl (C=O) groups is 2. The Morgan fingerprint density at radius 2 is 1.23 bits per heavy atom. The summed E-state index contributed by atoms with van der Waals surface area (Å²) in [4.78, 5) is 40.7. The molecule has 2 amide bonds. The van der Waals surface area contributed by atoms with Gasteiger partial charge in [-0.05, 0) is 85.1 Å². The lowest BCUT2D eigenvalue weighted by atomic mass is 10.1. The van der Waals surface area contributed by atoms with Gasteiger partial charge in [0.2, 0.25) is 12.3 Å². The van der Waals surface area contributed by atoms with Crippen LogP contribution in [0, 0.1) is 5.92 Å². The van der Waals surface area contributed by atoms with Crippen LogP contribution in [0.5, 0.6) is 0 Å². The third-order valence-electron chi connectivity index (χ3n) is 12.9. The first-order valence-corrected chi connectivity index (χ1v) is 25.2. The first-order chi connectivity index (χ1) is 30.7. The lowest BCUT2D eigenvalue weighted by molar-refractivity contribution is -0.121. The van der Waals surface area contributed by atoms with Crippen molar-refractivity contribution in [3.8, 4) is 0 Å². The number of hydrogen-bond acceptors (Lipinski definition) is 12. The Kier molecular flexibility index (Phi) is 27.3. The first-order valence-electron chi connectivity index (χ1n) is 25.2. The van der Waals surface area contributed by atoms with E-state index in [0.717, 1.165) is 165 Å². The number of amidine groups is 1. The normalized spacial score (nSPS) is 22.5. The Hall–Kier alpha value is -3.17. The van der Waals surface area contributed by atoms with Crippen LogP contribution in [0.15, 0.2) is 42.0 Å². The van der Waals surface area contributed by atoms with E-state index >= 15 is 0 Å². The van der Waals surface area contributed by atoms with E-state index < -0.39 is 6.10 Å². The molecule has 3 aliphatic rings. The third kappa shape index (κ3) is 26.1. The summed E-state index contributed by atoms with van der Waals surface area (Å²) in [6, 6.07) is 1.88. The number of β-amino-alcohol motifs (C(OH)–C–C–N with tert-alkyl or cyclic N) is 2. The average Bonchev–Trinajstić information content (AvgIpc) is 4.23. The fraction of sp³-hybridized carbons (Fsp3) is 0.820. The molecule has 0 aliphatic carbocycles. The van der Waals surface area contributed by atoms with E-state index in [9.17, 15) is 19.8 Å². The van der Waals surface area contributed by atoms with Crippen molar-refractivity contribution in [3.05, 3.63) is 37.0 Å². The highest BCUT2D eigenvalue weighted by Gasteiger charge is 2.32. The third-order valence-corrected chi connectivity index (χ3v) is 12.9. The molecule has 3 saturated heterocycles. The number of carbonyl (C=O) groups excluding carboxylic acids is 2. The summed E-state index contributed by atoms with van der Waals surface area (Å²) in [5.41, 5.74) is 1.95. The molecular formula is C50H93N9O5. The van der Waals surface area contributed by atoms with Crippen molar-refractivity contribution in [1.82, 2.24) is 40.4 Å². The Bertz CT molecular complexity index is 1400. The van der Waals surface area contributed by atoms with Gasteiger partial charge < -0.3 is 40.7 Å². The molecule has 0 radical (unpaired) electrons. The molecule has 0 saturated carbocycles. The van der Waals surface area contributed by atoms with Gasteiger partial charge in [-0.2, -0.15) is 0 Å². The molecule has 14 nitrogen and oxygen atoms in total. The van der Waals surface area contributed by atoms with Crippen molar-refractivity contribution in [2.45, 2.75) is 167 Å². The van der Waals surface area contributed by atoms with Crippen LogP contribution >= 0.6 is 0 Å². The smallest absolute Gasteiger partial charge is 0.220 e. The SMILES string of the molecule is C=C(CCC(O)CN1CC1C)NCCCCCCN(C=O)C(CC(=C)N(C)CCCCCCNC(=C)OCC(C)CN1CC1C)=NCCCCCCNC(=O)CCC(O)CN1CC1C. The highest BCUT2D eigenvalue weighted by Crippen LogP contribution is 2.20. The number of allylic oxidation sites excluding steroid dienone is 1. The second-order valence-corrected chi connectivity index (χ2v) is 19.4. The Morgan fingerprint density at radius 3 is 1.81 bits per heavy atom. The molecular weight excluding hydrogens is 807 g/mol. The number of aliphatic imine (C=N–C) groups is 1. The topological polar surface area (TPSA) is 148 Å². The van der Waals surface area contributed by atoms with Crippen molar-refractivity contribution in [2.75, 3.05) is 92.2 Å². The first kappa shape index (κ1) is 55.2. The van der Waals surface area contributed by atoms with E-state index in [0.29, 0.717) is 75.9 Å². The van der Waals surface area contributed by atoms with E-state index in [1.165, 1.54) is 6.54 Å². The number of hydrogen-bond donors (Lipinski definition) is 5. The quantitative estimate of drug-likeness (QED) is 0.0129. The number of amides is 2. The molecule has 14 heteroatoms. The molecule has 3 rings (SSSR count). The number of nitrogens with one attached hydrogen (secondary N) is 3. The molecule has 3 fully saturated rings.